The van der Waals surface area contributed by atoms with E-state index in [2.05, 4.69) is 30.8 Å². The molecule has 0 atom stereocenters. The third kappa shape index (κ3) is 12.1. The number of rotatable bonds is 14. The van der Waals surface area contributed by atoms with E-state index in [9.17, 15) is 14.0 Å². The minimum absolute atomic E-state index is 0.0677. The number of halogens is 2. The molecule has 0 bridgehead atoms. The van der Waals surface area contributed by atoms with Crippen molar-refractivity contribution in [2.45, 2.75) is 39.2 Å². The number of amides is 2. The van der Waals surface area contributed by atoms with Crippen LogP contribution in [0.25, 0.3) is 0 Å². The summed E-state index contributed by atoms with van der Waals surface area (Å²) in [5.41, 5.74) is 0.572. The highest BCUT2D eigenvalue weighted by atomic mass is 35.5. The highest BCUT2D eigenvalue weighted by Crippen LogP contribution is 2.31. The molecule has 13 heteroatoms. The van der Waals surface area contributed by atoms with Gasteiger partial charge in [0.25, 0.3) is 0 Å². The maximum Gasteiger partial charge on any atom is 0.407 e. The summed E-state index contributed by atoms with van der Waals surface area (Å²) in [6, 6.07) is 10.7. The van der Waals surface area contributed by atoms with Gasteiger partial charge in [-0.15, -0.1) is 0 Å². The Morgan fingerprint density at radius 3 is 2.61 bits per heavy atom. The number of carbonyl (C=O) groups is 2. The van der Waals surface area contributed by atoms with Crippen molar-refractivity contribution in [1.82, 2.24) is 20.2 Å². The third-order valence-corrected chi connectivity index (χ3v) is 6.10. The van der Waals surface area contributed by atoms with Gasteiger partial charge in [-0.05, 0) is 77.5 Å². The Balaban J connectivity index is 1.48. The maximum atomic E-state index is 13.5. The smallest absolute Gasteiger partial charge is 0.407 e. The van der Waals surface area contributed by atoms with Crippen LogP contribution < -0.4 is 25.4 Å². The van der Waals surface area contributed by atoms with Gasteiger partial charge in [0.1, 0.15) is 35.1 Å². The molecule has 0 saturated heterocycles. The van der Waals surface area contributed by atoms with E-state index in [0.29, 0.717) is 41.8 Å². The zero-order valence-electron chi connectivity index (χ0n) is 25.4. The van der Waals surface area contributed by atoms with Crippen molar-refractivity contribution >= 4 is 40.8 Å². The van der Waals surface area contributed by atoms with Crippen LogP contribution >= 0.6 is 11.6 Å². The largest absolute Gasteiger partial charge is 0.495 e. The van der Waals surface area contributed by atoms with Crippen LogP contribution in [0.15, 0.2) is 60.9 Å². The lowest BCUT2D eigenvalue weighted by Gasteiger charge is -2.19. The Hall–Kier alpha value is -4.42. The standard InChI is InChI=1S/C31H38ClFN6O5/c1-31(2,3)44-30(41)34-14-6-7-15-39(4)16-8-9-28(40)37-21-10-13-26(42-5)25(17-21)38-27-19-29(36-20-35-27)43-22-11-12-24(33)23(32)18-22/h8-13,17-20H,6-7,14-16H2,1-5H3,(H,34,41)(H,37,40)(H,35,36,38). The maximum absolute atomic E-state index is 13.5. The van der Waals surface area contributed by atoms with Crippen molar-refractivity contribution < 1.29 is 28.2 Å². The quantitative estimate of drug-likeness (QED) is 0.135. The number of aromatic nitrogens is 2. The molecule has 1 heterocycles. The minimum atomic E-state index is -0.552. The van der Waals surface area contributed by atoms with E-state index < -0.39 is 17.5 Å². The Morgan fingerprint density at radius 1 is 1.09 bits per heavy atom. The fourth-order valence-electron chi connectivity index (χ4n) is 3.77. The number of alkyl carbamates (subject to hydrolysis) is 1. The van der Waals surface area contributed by atoms with Gasteiger partial charge in [0, 0.05) is 37.0 Å². The SMILES string of the molecule is COc1ccc(NC(=O)C=CCN(C)CCCCNC(=O)OC(C)(C)C)cc1Nc1cc(Oc2ccc(F)c(Cl)c2)ncn1. The fraction of sp³-hybridized carbons (Fsp3) is 0.355. The third-order valence-electron chi connectivity index (χ3n) is 5.81. The molecule has 0 radical (unpaired) electrons. The van der Waals surface area contributed by atoms with Crippen molar-refractivity contribution in [3.8, 4) is 17.4 Å². The number of nitrogens with one attached hydrogen (secondary N) is 3. The molecule has 3 aromatic rings. The fourth-order valence-corrected chi connectivity index (χ4v) is 3.94. The topological polar surface area (TPSA) is 127 Å². The molecule has 3 N–H and O–H groups in total. The van der Waals surface area contributed by atoms with E-state index in [4.69, 9.17) is 25.8 Å². The van der Waals surface area contributed by atoms with Crippen molar-refractivity contribution in [3.63, 3.8) is 0 Å². The number of hydrogen-bond donors (Lipinski definition) is 3. The number of methoxy groups -OCH3 is 1. The van der Waals surface area contributed by atoms with Crippen LogP contribution in [0.2, 0.25) is 5.02 Å². The van der Waals surface area contributed by atoms with Gasteiger partial charge in [0.2, 0.25) is 11.8 Å². The summed E-state index contributed by atoms with van der Waals surface area (Å²) in [5.74, 6) is 0.605. The molecule has 0 aliphatic rings. The van der Waals surface area contributed by atoms with Crippen LogP contribution in [0.4, 0.5) is 26.4 Å². The van der Waals surface area contributed by atoms with Crippen LogP contribution in [0, 0.1) is 5.82 Å². The van der Waals surface area contributed by atoms with Crippen LogP contribution in [0.5, 0.6) is 17.4 Å². The molecular weight excluding hydrogens is 591 g/mol. The molecule has 3 rings (SSSR count). The number of benzene rings is 2. The summed E-state index contributed by atoms with van der Waals surface area (Å²) in [7, 11) is 3.49. The number of hydrogen-bond acceptors (Lipinski definition) is 9. The number of ether oxygens (including phenoxy) is 3. The van der Waals surface area contributed by atoms with Gasteiger partial charge in [0.05, 0.1) is 17.8 Å². The first kappa shape index (κ1) is 34.1. The van der Waals surface area contributed by atoms with Gasteiger partial charge >= 0.3 is 6.09 Å². The number of anilines is 3. The lowest BCUT2D eigenvalue weighted by molar-refractivity contribution is -0.111. The van der Waals surface area contributed by atoms with Crippen LogP contribution in [-0.4, -0.2) is 66.3 Å². The highest BCUT2D eigenvalue weighted by Gasteiger charge is 2.15. The van der Waals surface area contributed by atoms with E-state index in [1.807, 2.05) is 27.8 Å². The van der Waals surface area contributed by atoms with Crippen LogP contribution in [0.3, 0.4) is 0 Å². The first-order chi connectivity index (χ1) is 20.9. The predicted molar refractivity (Wildman–Crippen MR) is 169 cm³/mol. The second-order valence-corrected chi connectivity index (χ2v) is 11.2. The Bertz CT molecular complexity index is 1450. The van der Waals surface area contributed by atoms with Crippen molar-refractivity contribution in [3.05, 3.63) is 71.8 Å². The Kier molecular flexibility index (Phi) is 12.7. The average Bonchev–Trinajstić information content (AvgIpc) is 2.94. The van der Waals surface area contributed by atoms with E-state index >= 15 is 0 Å². The first-order valence-electron chi connectivity index (χ1n) is 13.9. The molecule has 0 unspecified atom stereocenters. The Morgan fingerprint density at radius 2 is 1.89 bits per heavy atom. The zero-order valence-corrected chi connectivity index (χ0v) is 26.2. The Labute approximate surface area is 261 Å². The van der Waals surface area contributed by atoms with Gasteiger partial charge in [-0.2, -0.15) is 0 Å². The molecule has 2 aromatic carbocycles. The van der Waals surface area contributed by atoms with Gasteiger partial charge in [-0.1, -0.05) is 17.7 Å². The molecule has 236 valence electrons. The zero-order chi connectivity index (χ0) is 32.1. The summed E-state index contributed by atoms with van der Waals surface area (Å²) in [6.07, 6.45) is 5.86. The number of carbonyl (C=O) groups excluding carboxylic acids is 2. The molecule has 0 fully saturated rings. The van der Waals surface area contributed by atoms with Crippen LogP contribution in [0.1, 0.15) is 33.6 Å². The van der Waals surface area contributed by atoms with Gasteiger partial charge < -0.3 is 35.1 Å². The molecule has 11 nitrogen and oxygen atoms in total. The summed E-state index contributed by atoms with van der Waals surface area (Å²) in [5, 5.41) is 8.66. The second kappa shape index (κ2) is 16.4. The molecule has 44 heavy (non-hydrogen) atoms. The lowest BCUT2D eigenvalue weighted by Crippen LogP contribution is -2.33. The molecule has 0 spiro atoms. The molecule has 0 saturated carbocycles. The van der Waals surface area contributed by atoms with E-state index in [1.165, 1.54) is 37.7 Å². The van der Waals surface area contributed by atoms with Gasteiger partial charge in [0.15, 0.2) is 0 Å². The summed E-state index contributed by atoms with van der Waals surface area (Å²) in [6.45, 7) is 7.41. The number of nitrogens with zero attached hydrogens (tertiary/aromatic N) is 3. The van der Waals surface area contributed by atoms with E-state index in [-0.39, 0.29) is 16.8 Å². The van der Waals surface area contributed by atoms with Crippen LogP contribution in [-0.2, 0) is 9.53 Å². The van der Waals surface area contributed by atoms with Crippen molar-refractivity contribution in [2.24, 2.45) is 0 Å². The lowest BCUT2D eigenvalue weighted by atomic mass is 10.2. The number of unbranched alkanes of at least 4 members (excludes halogenated alkanes) is 1. The molecule has 2 amide bonds. The molecule has 0 aliphatic heterocycles. The van der Waals surface area contributed by atoms with Crippen molar-refractivity contribution in [1.29, 1.82) is 0 Å². The molecular formula is C31H38ClFN6O5. The predicted octanol–water partition coefficient (Wildman–Crippen LogP) is 6.55. The van der Waals surface area contributed by atoms with Gasteiger partial charge in [-0.3, -0.25) is 4.79 Å². The monoisotopic (exact) mass is 628 g/mol. The van der Waals surface area contributed by atoms with Gasteiger partial charge in [-0.25, -0.2) is 19.2 Å². The summed E-state index contributed by atoms with van der Waals surface area (Å²) >= 11 is 5.83. The summed E-state index contributed by atoms with van der Waals surface area (Å²) in [4.78, 5) is 34.6. The highest BCUT2D eigenvalue weighted by molar-refractivity contribution is 6.30. The second-order valence-electron chi connectivity index (χ2n) is 10.7. The van der Waals surface area contributed by atoms with E-state index in [1.54, 1.807) is 30.3 Å². The summed E-state index contributed by atoms with van der Waals surface area (Å²) < 4.78 is 29.8. The minimum Gasteiger partial charge on any atom is -0.495 e. The first-order valence-corrected chi connectivity index (χ1v) is 14.3. The molecule has 0 aliphatic carbocycles. The average molecular weight is 629 g/mol. The molecule has 1 aromatic heterocycles. The normalized spacial score (nSPS) is 11.4. The van der Waals surface area contributed by atoms with Crippen molar-refractivity contribution in [2.75, 3.05) is 44.4 Å². The number of likely N-dealkylation sites (N-methyl/N-ethyl adjacent to an activating group) is 1. The van der Waals surface area contributed by atoms with E-state index in [0.717, 1.165) is 19.4 Å².